The zero-order valence-electron chi connectivity index (χ0n) is 17.5. The van der Waals surface area contributed by atoms with E-state index in [9.17, 15) is 14.4 Å². The maximum atomic E-state index is 12.2. The van der Waals surface area contributed by atoms with Crippen molar-refractivity contribution in [2.75, 3.05) is 13.2 Å². The molecule has 31 heavy (non-hydrogen) atoms. The molecule has 162 valence electrons. The molecule has 1 amide bonds. The van der Waals surface area contributed by atoms with E-state index in [2.05, 4.69) is 22.2 Å². The number of hydrogen-bond donors (Lipinski definition) is 2. The zero-order chi connectivity index (χ0) is 22.2. The summed E-state index contributed by atoms with van der Waals surface area (Å²) in [6.45, 7) is 4.00. The van der Waals surface area contributed by atoms with Gasteiger partial charge in [0.2, 0.25) is 0 Å². The first kappa shape index (κ1) is 22.0. The lowest BCUT2D eigenvalue weighted by atomic mass is 10.2. The lowest BCUT2D eigenvalue weighted by Crippen LogP contribution is -2.31. The largest absolute Gasteiger partial charge is 0.494 e. The third-order valence-corrected chi connectivity index (χ3v) is 4.60. The van der Waals surface area contributed by atoms with Crippen LogP contribution in [0.1, 0.15) is 49.0 Å². The number of unbranched alkanes of at least 4 members (excludes halogenated alkanes) is 1. The summed E-state index contributed by atoms with van der Waals surface area (Å²) in [5.41, 5.74) is 0.614. The molecule has 8 nitrogen and oxygen atoms in total. The molecular weight excluding hydrogens is 398 g/mol. The highest BCUT2D eigenvalue weighted by Crippen LogP contribution is 2.15. The van der Waals surface area contributed by atoms with E-state index in [0.29, 0.717) is 28.8 Å². The van der Waals surface area contributed by atoms with Gasteiger partial charge >= 0.3 is 5.97 Å². The molecule has 1 unspecified atom stereocenters. The quantitative estimate of drug-likeness (QED) is 0.404. The molecule has 0 saturated heterocycles. The SMILES string of the molecule is CCCCOc1ccc(C(=O)NCC(=O)OC(C)c2nc3ccccc3c(=O)[nH]2)cc1. The summed E-state index contributed by atoms with van der Waals surface area (Å²) in [7, 11) is 0. The summed E-state index contributed by atoms with van der Waals surface area (Å²) < 4.78 is 10.9. The summed E-state index contributed by atoms with van der Waals surface area (Å²) in [4.78, 5) is 43.5. The molecule has 0 saturated carbocycles. The lowest BCUT2D eigenvalue weighted by Gasteiger charge is -2.13. The molecule has 0 radical (unpaired) electrons. The Hall–Kier alpha value is -3.68. The van der Waals surface area contributed by atoms with Crippen LogP contribution in [0.5, 0.6) is 5.75 Å². The molecule has 0 fully saturated rings. The second-order valence-electron chi connectivity index (χ2n) is 7.01. The molecule has 0 aliphatic rings. The Morgan fingerprint density at radius 1 is 1.13 bits per heavy atom. The van der Waals surface area contributed by atoms with Gasteiger partial charge in [0.05, 0.1) is 17.5 Å². The number of aromatic nitrogens is 2. The number of nitrogens with one attached hydrogen (secondary N) is 2. The zero-order valence-corrected chi connectivity index (χ0v) is 17.5. The number of para-hydroxylation sites is 1. The summed E-state index contributed by atoms with van der Waals surface area (Å²) in [6, 6.07) is 13.6. The van der Waals surface area contributed by atoms with Gasteiger partial charge in [0.1, 0.15) is 12.3 Å². The summed E-state index contributed by atoms with van der Waals surface area (Å²) in [5.74, 6) is -0.115. The van der Waals surface area contributed by atoms with Crippen molar-refractivity contribution in [1.82, 2.24) is 15.3 Å². The van der Waals surface area contributed by atoms with E-state index < -0.39 is 18.0 Å². The Balaban J connectivity index is 1.52. The first-order valence-corrected chi connectivity index (χ1v) is 10.2. The number of aromatic amines is 1. The van der Waals surface area contributed by atoms with Gasteiger partial charge in [0.25, 0.3) is 11.5 Å². The van der Waals surface area contributed by atoms with Gasteiger partial charge in [0, 0.05) is 5.56 Å². The first-order valence-electron chi connectivity index (χ1n) is 10.2. The molecule has 0 aliphatic carbocycles. The maximum absolute atomic E-state index is 12.2. The van der Waals surface area contributed by atoms with Gasteiger partial charge in [-0.25, -0.2) is 4.98 Å². The second-order valence-corrected chi connectivity index (χ2v) is 7.01. The standard InChI is InChI=1S/C23H25N3O5/c1-3-4-13-30-17-11-9-16(10-12-17)22(28)24-14-20(27)31-15(2)21-25-19-8-6-5-7-18(19)23(29)26-21/h5-12,15H,3-4,13-14H2,1-2H3,(H,24,28)(H,25,26,29). The van der Waals surface area contributed by atoms with Crippen molar-refractivity contribution >= 4 is 22.8 Å². The second kappa shape index (κ2) is 10.4. The summed E-state index contributed by atoms with van der Waals surface area (Å²) in [6.07, 6.45) is 1.23. The Bertz CT molecular complexity index is 1110. The summed E-state index contributed by atoms with van der Waals surface area (Å²) in [5, 5.41) is 2.98. The smallest absolute Gasteiger partial charge is 0.326 e. The fourth-order valence-electron chi connectivity index (χ4n) is 2.88. The highest BCUT2D eigenvalue weighted by molar-refractivity contribution is 5.96. The fraction of sp³-hybridized carbons (Fsp3) is 0.304. The van der Waals surface area contributed by atoms with Gasteiger partial charge in [-0.1, -0.05) is 25.5 Å². The van der Waals surface area contributed by atoms with Gasteiger partial charge in [-0.3, -0.25) is 14.4 Å². The molecule has 1 aromatic heterocycles. The van der Waals surface area contributed by atoms with E-state index in [4.69, 9.17) is 9.47 Å². The Morgan fingerprint density at radius 2 is 1.87 bits per heavy atom. The van der Waals surface area contributed by atoms with Gasteiger partial charge in [-0.2, -0.15) is 0 Å². The molecule has 0 bridgehead atoms. The van der Waals surface area contributed by atoms with E-state index in [1.807, 2.05) is 0 Å². The normalized spacial score (nSPS) is 11.7. The molecule has 8 heteroatoms. The average Bonchev–Trinajstić information content (AvgIpc) is 2.78. The van der Waals surface area contributed by atoms with Crippen LogP contribution in [0.3, 0.4) is 0 Å². The van der Waals surface area contributed by atoms with E-state index in [0.717, 1.165) is 12.8 Å². The van der Waals surface area contributed by atoms with Crippen LogP contribution < -0.4 is 15.6 Å². The predicted molar refractivity (Wildman–Crippen MR) is 116 cm³/mol. The van der Waals surface area contributed by atoms with Crippen LogP contribution in [0.2, 0.25) is 0 Å². The van der Waals surface area contributed by atoms with Crippen LogP contribution in [0, 0.1) is 0 Å². The summed E-state index contributed by atoms with van der Waals surface area (Å²) >= 11 is 0. The molecular formula is C23H25N3O5. The third-order valence-electron chi connectivity index (χ3n) is 4.60. The fourth-order valence-corrected chi connectivity index (χ4v) is 2.88. The Morgan fingerprint density at radius 3 is 2.61 bits per heavy atom. The van der Waals surface area contributed by atoms with Gasteiger partial charge < -0.3 is 19.8 Å². The number of esters is 1. The Kier molecular flexibility index (Phi) is 7.37. The van der Waals surface area contributed by atoms with Crippen molar-refractivity contribution < 1.29 is 19.1 Å². The van der Waals surface area contributed by atoms with Gasteiger partial charge in [0.15, 0.2) is 11.9 Å². The van der Waals surface area contributed by atoms with Crippen LogP contribution in [0.15, 0.2) is 53.3 Å². The number of carbonyl (C=O) groups is 2. The van der Waals surface area contributed by atoms with Crippen molar-refractivity contribution in [2.45, 2.75) is 32.8 Å². The van der Waals surface area contributed by atoms with Crippen LogP contribution in [-0.2, 0) is 9.53 Å². The topological polar surface area (TPSA) is 110 Å². The van der Waals surface area contributed by atoms with Crippen LogP contribution >= 0.6 is 0 Å². The number of amides is 1. The number of H-pyrrole nitrogens is 1. The van der Waals surface area contributed by atoms with E-state index in [1.54, 1.807) is 55.5 Å². The number of carbonyl (C=O) groups excluding carboxylic acids is 2. The van der Waals surface area contributed by atoms with E-state index in [1.165, 1.54) is 0 Å². The van der Waals surface area contributed by atoms with E-state index >= 15 is 0 Å². The van der Waals surface area contributed by atoms with Gasteiger partial charge in [-0.05, 0) is 49.7 Å². The number of ether oxygens (including phenoxy) is 2. The number of benzene rings is 2. The van der Waals surface area contributed by atoms with Crippen LogP contribution in [0.25, 0.3) is 10.9 Å². The highest BCUT2D eigenvalue weighted by Gasteiger charge is 2.16. The van der Waals surface area contributed by atoms with Crippen molar-refractivity contribution in [3.05, 3.63) is 70.3 Å². The highest BCUT2D eigenvalue weighted by atomic mass is 16.5. The minimum Gasteiger partial charge on any atom is -0.494 e. The number of rotatable bonds is 9. The number of nitrogens with zero attached hydrogens (tertiary/aromatic N) is 1. The minimum absolute atomic E-state index is 0.238. The molecule has 2 N–H and O–H groups in total. The molecule has 2 aromatic carbocycles. The van der Waals surface area contributed by atoms with Crippen molar-refractivity contribution in [2.24, 2.45) is 0 Å². The van der Waals surface area contributed by atoms with Crippen LogP contribution in [0.4, 0.5) is 0 Å². The van der Waals surface area contributed by atoms with E-state index in [-0.39, 0.29) is 17.9 Å². The minimum atomic E-state index is -0.777. The first-order chi connectivity index (χ1) is 15.0. The monoisotopic (exact) mass is 423 g/mol. The number of fused-ring (bicyclic) bond motifs is 1. The lowest BCUT2D eigenvalue weighted by molar-refractivity contribution is -0.147. The molecule has 3 aromatic rings. The molecule has 1 atom stereocenters. The van der Waals surface area contributed by atoms with Crippen molar-refractivity contribution in [1.29, 1.82) is 0 Å². The molecule has 0 aliphatic heterocycles. The Labute approximate surface area is 179 Å². The van der Waals surface area contributed by atoms with Crippen molar-refractivity contribution in [3.63, 3.8) is 0 Å². The number of hydrogen-bond acceptors (Lipinski definition) is 6. The van der Waals surface area contributed by atoms with Gasteiger partial charge in [-0.15, -0.1) is 0 Å². The van der Waals surface area contributed by atoms with Crippen molar-refractivity contribution in [3.8, 4) is 5.75 Å². The molecule has 3 rings (SSSR count). The molecule has 0 spiro atoms. The maximum Gasteiger partial charge on any atom is 0.326 e. The third kappa shape index (κ3) is 5.91. The van der Waals surface area contributed by atoms with Crippen LogP contribution in [-0.4, -0.2) is 35.0 Å². The predicted octanol–water partition coefficient (Wildman–Crippen LogP) is 3.14. The average molecular weight is 423 g/mol. The molecule has 1 heterocycles.